The molecule has 0 radical (unpaired) electrons. The molecule has 1 amide bonds. The third kappa shape index (κ3) is 4.65. The van der Waals surface area contributed by atoms with Gasteiger partial charge in [0, 0.05) is 6.54 Å². The van der Waals surface area contributed by atoms with Crippen LogP contribution < -0.4 is 10.4 Å². The average molecular weight is 216 g/mol. The molecule has 0 aliphatic carbocycles. The van der Waals surface area contributed by atoms with Crippen LogP contribution in [-0.4, -0.2) is 20.7 Å². The second-order valence-corrected chi connectivity index (χ2v) is 9.50. The second kappa shape index (κ2) is 6.87. The van der Waals surface area contributed by atoms with E-state index in [0.717, 1.165) is 6.42 Å². The fraction of sp³-hybridized carbons (Fsp3) is 0.900. The van der Waals surface area contributed by atoms with Crippen LogP contribution in [0.1, 0.15) is 27.2 Å². The molecule has 0 atom stereocenters. The molecule has 3 nitrogen and oxygen atoms in total. The van der Waals surface area contributed by atoms with Gasteiger partial charge in [-0.15, -0.1) is 0 Å². The average Bonchev–Trinajstić information content (AvgIpc) is 2.19. The quantitative estimate of drug-likeness (QED) is 0.521. The van der Waals surface area contributed by atoms with Crippen molar-refractivity contribution in [2.75, 3.05) is 6.54 Å². The van der Waals surface area contributed by atoms with Gasteiger partial charge in [-0.1, -0.05) is 44.9 Å². The number of carbonyl (C=O) groups is 1. The van der Waals surface area contributed by atoms with Crippen molar-refractivity contribution in [1.29, 1.82) is 0 Å². The maximum Gasteiger partial charge on any atom is 0.134 e. The third-order valence-corrected chi connectivity index (χ3v) is 9.32. The summed E-state index contributed by atoms with van der Waals surface area (Å²) in [5, 5.41) is 12.4. The number of carbonyl (C=O) groups excluding carboxylic acids is 1. The maximum atomic E-state index is 10.1. The monoisotopic (exact) mass is 216 g/mol. The first-order chi connectivity index (χ1) is 6.60. The normalized spacial score (nSPS) is 11.4. The van der Waals surface area contributed by atoms with Gasteiger partial charge in [-0.05, 0) is 6.42 Å². The smallest absolute Gasteiger partial charge is 0.134 e. The number of rotatable bonds is 7. The summed E-state index contributed by atoms with van der Waals surface area (Å²) in [7, 11) is -1.04. The molecule has 0 aliphatic rings. The standard InChI is InChI=1S/C10H23NO2Si/c1-4-14(5-2,6-3)9-7-8-11-10(12)13/h11H,4-9H2,1-3H3,(H,12,13)/p-1. The SMILES string of the molecule is CC[Si](CC)(CC)CCCNC(=O)[O-]. The zero-order chi connectivity index (χ0) is 11.0. The van der Waals surface area contributed by atoms with Crippen LogP contribution in [0.25, 0.3) is 0 Å². The Bertz CT molecular complexity index is 161. The lowest BCUT2D eigenvalue weighted by atomic mass is 10.5. The summed E-state index contributed by atoms with van der Waals surface area (Å²) in [4.78, 5) is 10.1. The first-order valence-corrected chi connectivity index (χ1v) is 8.38. The van der Waals surface area contributed by atoms with E-state index in [4.69, 9.17) is 0 Å². The van der Waals surface area contributed by atoms with Crippen LogP contribution in [0.3, 0.4) is 0 Å². The van der Waals surface area contributed by atoms with E-state index in [9.17, 15) is 9.90 Å². The van der Waals surface area contributed by atoms with E-state index in [1.807, 2.05) is 0 Å². The van der Waals surface area contributed by atoms with Gasteiger partial charge in [0.15, 0.2) is 0 Å². The highest BCUT2D eigenvalue weighted by Crippen LogP contribution is 2.25. The molecular formula is C10H22NO2Si-. The number of nitrogens with one attached hydrogen (secondary N) is 1. The van der Waals surface area contributed by atoms with Gasteiger partial charge in [-0.3, -0.25) is 0 Å². The molecule has 1 N–H and O–H groups in total. The first kappa shape index (κ1) is 13.5. The van der Waals surface area contributed by atoms with Crippen LogP contribution in [0.5, 0.6) is 0 Å². The Morgan fingerprint density at radius 3 is 2.07 bits per heavy atom. The number of carboxylic acid groups (broad SMARTS) is 1. The van der Waals surface area contributed by atoms with Crippen molar-refractivity contribution in [3.8, 4) is 0 Å². The molecule has 0 spiro atoms. The molecule has 0 rings (SSSR count). The minimum Gasteiger partial charge on any atom is -0.530 e. The van der Waals surface area contributed by atoms with E-state index in [0.29, 0.717) is 6.54 Å². The van der Waals surface area contributed by atoms with E-state index >= 15 is 0 Å². The van der Waals surface area contributed by atoms with Crippen molar-refractivity contribution >= 4 is 14.2 Å². The summed E-state index contributed by atoms with van der Waals surface area (Å²) in [6, 6.07) is 5.17. The van der Waals surface area contributed by atoms with Gasteiger partial charge in [0.25, 0.3) is 0 Å². The summed E-state index contributed by atoms with van der Waals surface area (Å²) in [6.45, 7) is 7.36. The highest BCUT2D eigenvalue weighted by molar-refractivity contribution is 6.79. The van der Waals surface area contributed by atoms with Gasteiger partial charge in [0.1, 0.15) is 6.09 Å². The maximum absolute atomic E-state index is 10.1. The van der Waals surface area contributed by atoms with Gasteiger partial charge < -0.3 is 15.2 Å². The number of amides is 1. The molecule has 0 aliphatic heterocycles. The van der Waals surface area contributed by atoms with Crippen molar-refractivity contribution in [2.24, 2.45) is 0 Å². The van der Waals surface area contributed by atoms with Crippen molar-refractivity contribution < 1.29 is 9.90 Å². The Labute approximate surface area is 87.9 Å². The Kier molecular flexibility index (Phi) is 6.62. The lowest BCUT2D eigenvalue weighted by Gasteiger charge is -2.28. The molecular weight excluding hydrogens is 194 g/mol. The molecule has 84 valence electrons. The lowest BCUT2D eigenvalue weighted by molar-refractivity contribution is -0.250. The van der Waals surface area contributed by atoms with Gasteiger partial charge in [-0.2, -0.15) is 0 Å². The van der Waals surface area contributed by atoms with Gasteiger partial charge >= 0.3 is 0 Å². The molecule has 0 saturated carbocycles. The predicted octanol–water partition coefficient (Wildman–Crippen LogP) is 1.82. The van der Waals surface area contributed by atoms with E-state index < -0.39 is 14.2 Å². The van der Waals surface area contributed by atoms with E-state index in [1.54, 1.807) is 0 Å². The number of hydrogen-bond acceptors (Lipinski definition) is 2. The number of hydrogen-bond donors (Lipinski definition) is 1. The van der Waals surface area contributed by atoms with E-state index in [2.05, 4.69) is 26.1 Å². The summed E-state index contributed by atoms with van der Waals surface area (Å²) in [5.74, 6) is 0. The summed E-state index contributed by atoms with van der Waals surface area (Å²) < 4.78 is 0. The molecule has 0 bridgehead atoms. The van der Waals surface area contributed by atoms with Gasteiger partial charge in [0.05, 0.1) is 8.07 Å². The van der Waals surface area contributed by atoms with Crippen LogP contribution in [0, 0.1) is 0 Å². The Balaban J connectivity index is 3.77. The molecule has 0 aromatic rings. The highest BCUT2D eigenvalue weighted by Gasteiger charge is 2.25. The largest absolute Gasteiger partial charge is 0.530 e. The second-order valence-electron chi connectivity index (χ2n) is 3.88. The first-order valence-electron chi connectivity index (χ1n) is 5.55. The minimum atomic E-state index is -1.15. The third-order valence-electron chi connectivity index (χ3n) is 3.40. The van der Waals surface area contributed by atoms with Crippen LogP contribution in [0.15, 0.2) is 0 Å². The molecule has 0 aromatic heterocycles. The predicted molar refractivity (Wildman–Crippen MR) is 60.0 cm³/mol. The zero-order valence-corrected chi connectivity index (χ0v) is 10.6. The summed E-state index contributed by atoms with van der Waals surface area (Å²) in [5.41, 5.74) is 0. The molecule has 0 aromatic carbocycles. The van der Waals surface area contributed by atoms with Crippen molar-refractivity contribution in [3.63, 3.8) is 0 Å². The van der Waals surface area contributed by atoms with Crippen LogP contribution >= 0.6 is 0 Å². The minimum absolute atomic E-state index is 0.553. The van der Waals surface area contributed by atoms with Crippen LogP contribution in [0.4, 0.5) is 4.79 Å². The van der Waals surface area contributed by atoms with E-state index in [-0.39, 0.29) is 0 Å². The molecule has 0 saturated heterocycles. The fourth-order valence-electron chi connectivity index (χ4n) is 1.93. The zero-order valence-electron chi connectivity index (χ0n) is 9.56. The van der Waals surface area contributed by atoms with Crippen LogP contribution in [0.2, 0.25) is 24.2 Å². The van der Waals surface area contributed by atoms with Crippen LogP contribution in [-0.2, 0) is 0 Å². The highest BCUT2D eigenvalue weighted by atomic mass is 28.3. The molecule has 14 heavy (non-hydrogen) atoms. The summed E-state index contributed by atoms with van der Waals surface area (Å²) >= 11 is 0. The van der Waals surface area contributed by atoms with E-state index in [1.165, 1.54) is 24.2 Å². The Morgan fingerprint density at radius 2 is 1.71 bits per heavy atom. The molecule has 0 heterocycles. The van der Waals surface area contributed by atoms with Crippen molar-refractivity contribution in [2.45, 2.75) is 51.4 Å². The van der Waals surface area contributed by atoms with Gasteiger partial charge in [-0.25, -0.2) is 0 Å². The summed E-state index contributed by atoms with van der Waals surface area (Å²) in [6.07, 6.45) is -0.183. The van der Waals surface area contributed by atoms with Crippen molar-refractivity contribution in [1.82, 2.24) is 5.32 Å². The van der Waals surface area contributed by atoms with Gasteiger partial charge in [0.2, 0.25) is 0 Å². The molecule has 4 heteroatoms. The Morgan fingerprint density at radius 1 is 1.21 bits per heavy atom. The fourth-order valence-corrected chi connectivity index (χ4v) is 5.42. The van der Waals surface area contributed by atoms with Crippen molar-refractivity contribution in [3.05, 3.63) is 0 Å². The molecule has 0 unspecified atom stereocenters. The molecule has 0 fully saturated rings. The Hall–Kier alpha value is -0.513. The topological polar surface area (TPSA) is 52.2 Å². The lowest BCUT2D eigenvalue weighted by Crippen LogP contribution is -2.38.